The van der Waals surface area contributed by atoms with Crippen molar-refractivity contribution in [2.75, 3.05) is 0 Å². The average Bonchev–Trinajstić information content (AvgIpc) is 2.29. The van der Waals surface area contributed by atoms with Crippen LogP contribution in [-0.2, 0) is 0 Å². The van der Waals surface area contributed by atoms with E-state index in [1.54, 1.807) is 18.6 Å². The lowest BCUT2D eigenvalue weighted by Gasteiger charge is -1.96. The molecule has 0 aliphatic heterocycles. The van der Waals surface area contributed by atoms with Crippen LogP contribution in [0.25, 0.3) is 0 Å². The van der Waals surface area contributed by atoms with Gasteiger partial charge in [0, 0.05) is 18.6 Å². The van der Waals surface area contributed by atoms with Crippen LogP contribution in [0.2, 0.25) is 0 Å². The number of aromatic nitrogens is 4. The van der Waals surface area contributed by atoms with Gasteiger partial charge in [-0.15, -0.1) is 0 Å². The lowest BCUT2D eigenvalue weighted by atomic mass is 10.3. The van der Waals surface area contributed by atoms with Gasteiger partial charge in [-0.05, 0) is 34.6 Å². The van der Waals surface area contributed by atoms with E-state index in [-0.39, 0.29) is 0 Å². The van der Waals surface area contributed by atoms with Crippen LogP contribution in [0.4, 0.5) is 0 Å². The van der Waals surface area contributed by atoms with Gasteiger partial charge in [-0.25, -0.2) is 0 Å². The minimum absolute atomic E-state index is 0.968. The monoisotopic (exact) mass is 230 g/mol. The standard InChI is InChI=1S/C7H10N2.C6H8N2/c1-5-4-8-6(2)7(3)9-5;1-5-3-8-6(2)4-7-5/h4H,1-3H3;3-4H,1-2H3. The second kappa shape index (κ2) is 6.03. The highest BCUT2D eigenvalue weighted by atomic mass is 14.8. The summed E-state index contributed by atoms with van der Waals surface area (Å²) in [5.74, 6) is 0. The van der Waals surface area contributed by atoms with Gasteiger partial charge >= 0.3 is 0 Å². The van der Waals surface area contributed by atoms with Gasteiger partial charge in [0.1, 0.15) is 0 Å². The zero-order valence-corrected chi connectivity index (χ0v) is 11.0. The SMILES string of the molecule is Cc1cnc(C)c(C)n1.Cc1cnc(C)cn1. The molecule has 0 fully saturated rings. The summed E-state index contributed by atoms with van der Waals surface area (Å²) in [6.07, 6.45) is 5.30. The Kier molecular flexibility index (Phi) is 4.69. The van der Waals surface area contributed by atoms with Gasteiger partial charge < -0.3 is 0 Å². The smallest absolute Gasteiger partial charge is 0.0588 e. The maximum Gasteiger partial charge on any atom is 0.0588 e. The van der Waals surface area contributed by atoms with Crippen LogP contribution < -0.4 is 0 Å². The summed E-state index contributed by atoms with van der Waals surface area (Å²) in [4.78, 5) is 16.4. The lowest BCUT2D eigenvalue weighted by Crippen LogP contribution is -1.92. The van der Waals surface area contributed by atoms with Gasteiger partial charge in [-0.3, -0.25) is 19.9 Å². The molecule has 0 spiro atoms. The number of aryl methyl sites for hydroxylation is 5. The number of hydrogen-bond donors (Lipinski definition) is 0. The molecule has 0 atom stereocenters. The quantitative estimate of drug-likeness (QED) is 0.697. The molecule has 2 heterocycles. The molecule has 0 N–H and O–H groups in total. The highest BCUT2D eigenvalue weighted by molar-refractivity contribution is 5.09. The van der Waals surface area contributed by atoms with E-state index in [9.17, 15) is 0 Å². The van der Waals surface area contributed by atoms with Crippen molar-refractivity contribution in [1.29, 1.82) is 0 Å². The fourth-order valence-electron chi connectivity index (χ4n) is 1.12. The van der Waals surface area contributed by atoms with Crippen molar-refractivity contribution in [1.82, 2.24) is 19.9 Å². The molecule has 0 saturated carbocycles. The minimum atomic E-state index is 0.968. The van der Waals surface area contributed by atoms with Crippen LogP contribution in [0, 0.1) is 34.6 Å². The molecule has 17 heavy (non-hydrogen) atoms. The van der Waals surface area contributed by atoms with Crippen LogP contribution in [0.5, 0.6) is 0 Å². The maximum atomic E-state index is 4.21. The van der Waals surface area contributed by atoms with Gasteiger partial charge in [0.15, 0.2) is 0 Å². The van der Waals surface area contributed by atoms with Crippen molar-refractivity contribution >= 4 is 0 Å². The fourth-order valence-corrected chi connectivity index (χ4v) is 1.12. The van der Waals surface area contributed by atoms with Crippen LogP contribution in [0.15, 0.2) is 18.6 Å². The molecule has 2 aromatic rings. The number of hydrogen-bond acceptors (Lipinski definition) is 4. The summed E-state index contributed by atoms with van der Waals surface area (Å²) < 4.78 is 0. The Hall–Kier alpha value is -1.84. The van der Waals surface area contributed by atoms with Gasteiger partial charge in [0.2, 0.25) is 0 Å². The van der Waals surface area contributed by atoms with Crippen molar-refractivity contribution < 1.29 is 0 Å². The van der Waals surface area contributed by atoms with E-state index in [2.05, 4.69) is 19.9 Å². The first-order valence-electron chi connectivity index (χ1n) is 5.51. The van der Waals surface area contributed by atoms with Crippen molar-refractivity contribution in [2.24, 2.45) is 0 Å². The first-order valence-corrected chi connectivity index (χ1v) is 5.51. The van der Waals surface area contributed by atoms with Gasteiger partial charge in [0.25, 0.3) is 0 Å². The van der Waals surface area contributed by atoms with E-state index in [1.807, 2.05) is 34.6 Å². The van der Waals surface area contributed by atoms with Crippen molar-refractivity contribution in [3.8, 4) is 0 Å². The Morgan fingerprint density at radius 1 is 0.588 bits per heavy atom. The molecule has 0 bridgehead atoms. The van der Waals surface area contributed by atoms with E-state index in [1.165, 1.54) is 0 Å². The van der Waals surface area contributed by atoms with Crippen LogP contribution >= 0.6 is 0 Å². The third-order valence-electron chi connectivity index (χ3n) is 2.22. The summed E-state index contributed by atoms with van der Waals surface area (Å²) in [6, 6.07) is 0. The largest absolute Gasteiger partial charge is 0.258 e. The Morgan fingerprint density at radius 3 is 1.41 bits per heavy atom. The zero-order chi connectivity index (χ0) is 12.8. The van der Waals surface area contributed by atoms with E-state index in [4.69, 9.17) is 0 Å². The highest BCUT2D eigenvalue weighted by Gasteiger charge is 1.92. The number of rotatable bonds is 0. The predicted octanol–water partition coefficient (Wildman–Crippen LogP) is 2.50. The molecule has 0 aliphatic carbocycles. The molecule has 0 aliphatic rings. The van der Waals surface area contributed by atoms with E-state index in [0.29, 0.717) is 0 Å². The molecule has 0 aromatic carbocycles. The van der Waals surface area contributed by atoms with E-state index < -0.39 is 0 Å². The zero-order valence-electron chi connectivity index (χ0n) is 11.0. The molecular formula is C13H18N4. The molecule has 4 nitrogen and oxygen atoms in total. The molecule has 0 amide bonds. The second-order valence-corrected chi connectivity index (χ2v) is 3.98. The molecule has 90 valence electrons. The molecule has 0 saturated heterocycles. The molecule has 2 aromatic heterocycles. The Labute approximate surface area is 102 Å². The maximum absolute atomic E-state index is 4.21. The summed E-state index contributed by atoms with van der Waals surface area (Å²) >= 11 is 0. The summed E-state index contributed by atoms with van der Waals surface area (Å²) in [7, 11) is 0. The third-order valence-corrected chi connectivity index (χ3v) is 2.22. The molecule has 0 unspecified atom stereocenters. The third kappa shape index (κ3) is 4.68. The van der Waals surface area contributed by atoms with Crippen molar-refractivity contribution in [2.45, 2.75) is 34.6 Å². The van der Waals surface area contributed by atoms with Gasteiger partial charge in [-0.1, -0.05) is 0 Å². The number of nitrogens with zero attached hydrogens (tertiary/aromatic N) is 4. The summed E-state index contributed by atoms with van der Waals surface area (Å²) in [5.41, 5.74) is 4.96. The van der Waals surface area contributed by atoms with E-state index in [0.717, 1.165) is 28.5 Å². The van der Waals surface area contributed by atoms with Crippen molar-refractivity contribution in [3.05, 3.63) is 47.1 Å². The first-order chi connectivity index (χ1) is 7.99. The normalized spacial score (nSPS) is 9.47. The molecular weight excluding hydrogens is 212 g/mol. The molecule has 4 heteroatoms. The van der Waals surface area contributed by atoms with Gasteiger partial charge in [-0.2, -0.15) is 0 Å². The van der Waals surface area contributed by atoms with Crippen LogP contribution in [0.3, 0.4) is 0 Å². The molecule has 2 rings (SSSR count). The van der Waals surface area contributed by atoms with E-state index >= 15 is 0 Å². The summed E-state index contributed by atoms with van der Waals surface area (Å²) in [5, 5.41) is 0. The Morgan fingerprint density at radius 2 is 1.06 bits per heavy atom. The molecule has 0 radical (unpaired) electrons. The lowest BCUT2D eigenvalue weighted by molar-refractivity contribution is 1.00. The minimum Gasteiger partial charge on any atom is -0.258 e. The Bertz CT molecular complexity index is 456. The topological polar surface area (TPSA) is 51.6 Å². The second-order valence-electron chi connectivity index (χ2n) is 3.98. The first kappa shape index (κ1) is 13.2. The average molecular weight is 230 g/mol. The van der Waals surface area contributed by atoms with Crippen LogP contribution in [-0.4, -0.2) is 19.9 Å². The predicted molar refractivity (Wildman–Crippen MR) is 67.7 cm³/mol. The summed E-state index contributed by atoms with van der Waals surface area (Å²) in [6.45, 7) is 9.72. The van der Waals surface area contributed by atoms with Crippen LogP contribution in [0.1, 0.15) is 28.5 Å². The van der Waals surface area contributed by atoms with Gasteiger partial charge in [0.05, 0.1) is 28.5 Å². The fraction of sp³-hybridized carbons (Fsp3) is 0.385. The highest BCUT2D eigenvalue weighted by Crippen LogP contribution is 1.98. The van der Waals surface area contributed by atoms with Crippen molar-refractivity contribution in [3.63, 3.8) is 0 Å². The Balaban J connectivity index is 0.000000171.